The number of carbonyl (C=O) groups excluding carboxylic acids is 2. The summed E-state index contributed by atoms with van der Waals surface area (Å²) in [5.74, 6) is 1.47. The largest absolute Gasteiger partial charge is 0.483 e. The number of hydrogen-bond donors (Lipinski definition) is 1. The molecule has 0 aliphatic heterocycles. The Morgan fingerprint density at radius 2 is 1.92 bits per heavy atom. The van der Waals surface area contributed by atoms with Gasteiger partial charge in [0.05, 0.1) is 17.9 Å². The Labute approximate surface area is 219 Å². The van der Waals surface area contributed by atoms with Crippen molar-refractivity contribution >= 4 is 40.0 Å². The fourth-order valence-electron chi connectivity index (χ4n) is 4.20. The summed E-state index contributed by atoms with van der Waals surface area (Å²) in [7, 11) is 1.86. The molecule has 0 bridgehead atoms. The summed E-state index contributed by atoms with van der Waals surface area (Å²) in [4.78, 5) is 26.4. The number of ether oxygens (including phenoxy) is 2. The van der Waals surface area contributed by atoms with E-state index in [-0.39, 0.29) is 23.7 Å². The molecule has 8 nitrogen and oxygen atoms in total. The zero-order valence-corrected chi connectivity index (χ0v) is 22.9. The molecule has 1 amide bonds. The van der Waals surface area contributed by atoms with Gasteiger partial charge in [-0.3, -0.25) is 4.79 Å². The molecular formula is C26H32N4O4S2. The Hall–Kier alpha value is -2.85. The van der Waals surface area contributed by atoms with E-state index in [2.05, 4.69) is 41.5 Å². The first-order chi connectivity index (χ1) is 17.3. The number of thiophene rings is 1. The maximum Gasteiger partial charge on any atom is 0.341 e. The van der Waals surface area contributed by atoms with E-state index in [9.17, 15) is 9.59 Å². The predicted octanol–water partition coefficient (Wildman–Crippen LogP) is 5.54. The molecule has 192 valence electrons. The van der Waals surface area contributed by atoms with Crippen molar-refractivity contribution in [1.82, 2.24) is 14.8 Å². The molecule has 0 spiro atoms. The molecule has 2 heterocycles. The number of rotatable bonds is 10. The maximum atomic E-state index is 12.8. The van der Waals surface area contributed by atoms with Gasteiger partial charge in [0, 0.05) is 11.9 Å². The molecule has 3 aromatic rings. The van der Waals surface area contributed by atoms with Crippen LogP contribution in [0.3, 0.4) is 0 Å². The third kappa shape index (κ3) is 5.75. The van der Waals surface area contributed by atoms with Crippen LogP contribution in [-0.4, -0.2) is 39.0 Å². The number of hydrogen-bond acceptors (Lipinski definition) is 8. The number of aromatic nitrogens is 3. The molecular weight excluding hydrogens is 496 g/mol. The summed E-state index contributed by atoms with van der Waals surface area (Å²) in [5, 5.41) is 12.6. The number of thioether (sulfide) groups is 1. The number of nitrogens with one attached hydrogen (secondary N) is 1. The van der Waals surface area contributed by atoms with Crippen LogP contribution < -0.4 is 10.1 Å². The molecule has 1 aliphatic carbocycles. The molecule has 1 aliphatic rings. The summed E-state index contributed by atoms with van der Waals surface area (Å²) >= 11 is 2.76. The van der Waals surface area contributed by atoms with E-state index in [1.165, 1.54) is 28.7 Å². The van der Waals surface area contributed by atoms with Gasteiger partial charge in [-0.05, 0) is 62.3 Å². The normalized spacial score (nSPS) is 13.5. The minimum atomic E-state index is -0.370. The number of anilines is 1. The number of carbonyl (C=O) groups is 2. The Morgan fingerprint density at radius 1 is 1.17 bits per heavy atom. The Balaban J connectivity index is 1.37. The second kappa shape index (κ2) is 11.5. The van der Waals surface area contributed by atoms with Crippen molar-refractivity contribution in [3.63, 3.8) is 0 Å². The van der Waals surface area contributed by atoms with E-state index in [4.69, 9.17) is 9.47 Å². The van der Waals surface area contributed by atoms with E-state index < -0.39 is 0 Å². The molecule has 0 radical (unpaired) electrons. The van der Waals surface area contributed by atoms with E-state index in [0.29, 0.717) is 34.1 Å². The lowest BCUT2D eigenvalue weighted by Gasteiger charge is -2.15. The lowest BCUT2D eigenvalue weighted by Crippen LogP contribution is -2.17. The standard InChI is InChI=1S/C26H32N4O4S2/c1-6-33-25(32)22-19-8-7-9-20(19)36-24(22)27-21(31)14-35-26-29-28-23(30(26)5)16(4)34-18-12-10-17(11-13-18)15(2)3/h10-13,15-16H,6-9,14H2,1-5H3,(H,27,31). The molecule has 1 unspecified atom stereocenters. The molecule has 2 aromatic heterocycles. The van der Waals surface area contributed by atoms with Crippen molar-refractivity contribution in [3.8, 4) is 5.75 Å². The van der Waals surface area contributed by atoms with Gasteiger partial charge in [-0.1, -0.05) is 37.7 Å². The van der Waals surface area contributed by atoms with Gasteiger partial charge in [-0.2, -0.15) is 0 Å². The first kappa shape index (κ1) is 26.2. The number of fused-ring (bicyclic) bond motifs is 1. The second-order valence-electron chi connectivity index (χ2n) is 9.00. The molecule has 0 saturated heterocycles. The van der Waals surface area contributed by atoms with Crippen LogP contribution in [0.1, 0.15) is 78.3 Å². The second-order valence-corrected chi connectivity index (χ2v) is 11.1. The van der Waals surface area contributed by atoms with Crippen LogP contribution in [0.4, 0.5) is 5.00 Å². The van der Waals surface area contributed by atoms with E-state index in [1.54, 1.807) is 6.92 Å². The van der Waals surface area contributed by atoms with Crippen LogP contribution >= 0.6 is 23.1 Å². The van der Waals surface area contributed by atoms with Crippen molar-refractivity contribution in [3.05, 3.63) is 51.7 Å². The van der Waals surface area contributed by atoms with Crippen LogP contribution in [0.25, 0.3) is 0 Å². The summed E-state index contributed by atoms with van der Waals surface area (Å²) in [6.45, 7) is 8.32. The molecule has 0 saturated carbocycles. The van der Waals surface area contributed by atoms with Crippen molar-refractivity contribution in [1.29, 1.82) is 0 Å². The topological polar surface area (TPSA) is 95.3 Å². The van der Waals surface area contributed by atoms with Crippen LogP contribution in [0.5, 0.6) is 5.75 Å². The lowest BCUT2D eigenvalue weighted by atomic mass is 10.0. The minimum Gasteiger partial charge on any atom is -0.483 e. The fourth-order valence-corrected chi connectivity index (χ4v) is 6.21. The highest BCUT2D eigenvalue weighted by Gasteiger charge is 2.28. The average Bonchev–Trinajstić information content (AvgIpc) is 3.52. The van der Waals surface area contributed by atoms with Gasteiger partial charge < -0.3 is 19.4 Å². The third-order valence-electron chi connectivity index (χ3n) is 6.08. The van der Waals surface area contributed by atoms with E-state index in [1.807, 2.05) is 30.7 Å². The Morgan fingerprint density at radius 3 is 2.61 bits per heavy atom. The smallest absolute Gasteiger partial charge is 0.341 e. The van der Waals surface area contributed by atoms with Gasteiger partial charge >= 0.3 is 5.97 Å². The molecule has 0 fully saturated rings. The fraction of sp³-hybridized carbons (Fsp3) is 0.462. The molecule has 1 aromatic carbocycles. The number of esters is 1. The van der Waals surface area contributed by atoms with Gasteiger partial charge in [0.1, 0.15) is 10.8 Å². The Bertz CT molecular complexity index is 1230. The average molecular weight is 529 g/mol. The third-order valence-corrected chi connectivity index (χ3v) is 8.31. The Kier molecular flexibility index (Phi) is 8.35. The summed E-state index contributed by atoms with van der Waals surface area (Å²) in [6.07, 6.45) is 2.49. The first-order valence-corrected chi connectivity index (χ1v) is 14.0. The number of aryl methyl sites for hydroxylation is 1. The first-order valence-electron chi connectivity index (χ1n) is 12.2. The quantitative estimate of drug-likeness (QED) is 0.273. The van der Waals surface area contributed by atoms with Crippen LogP contribution in [0.15, 0.2) is 29.4 Å². The number of amides is 1. The van der Waals surface area contributed by atoms with Crippen molar-refractivity contribution in [2.75, 3.05) is 17.7 Å². The van der Waals surface area contributed by atoms with Gasteiger partial charge in [0.2, 0.25) is 5.91 Å². The van der Waals surface area contributed by atoms with Gasteiger partial charge in [-0.15, -0.1) is 21.5 Å². The highest BCUT2D eigenvalue weighted by atomic mass is 32.2. The van der Waals surface area contributed by atoms with Crippen LogP contribution in [-0.2, 0) is 29.4 Å². The summed E-state index contributed by atoms with van der Waals surface area (Å²) in [5.41, 5.74) is 2.79. The van der Waals surface area contributed by atoms with Crippen LogP contribution in [0, 0.1) is 0 Å². The maximum absolute atomic E-state index is 12.8. The lowest BCUT2D eigenvalue weighted by molar-refractivity contribution is -0.113. The van der Waals surface area contributed by atoms with Crippen molar-refractivity contribution in [2.24, 2.45) is 7.05 Å². The highest BCUT2D eigenvalue weighted by Crippen LogP contribution is 2.39. The summed E-state index contributed by atoms with van der Waals surface area (Å²) < 4.78 is 13.1. The van der Waals surface area contributed by atoms with Gasteiger partial charge in [0.25, 0.3) is 0 Å². The van der Waals surface area contributed by atoms with E-state index >= 15 is 0 Å². The molecule has 36 heavy (non-hydrogen) atoms. The van der Waals surface area contributed by atoms with Crippen molar-refractivity contribution < 1.29 is 19.1 Å². The number of benzene rings is 1. The SMILES string of the molecule is CCOC(=O)c1c(NC(=O)CSc2nnc(C(C)Oc3ccc(C(C)C)cc3)n2C)sc2c1CCC2. The molecule has 10 heteroatoms. The van der Waals surface area contributed by atoms with Crippen molar-refractivity contribution in [2.45, 2.75) is 64.1 Å². The number of nitrogens with zero attached hydrogens (tertiary/aromatic N) is 3. The van der Waals surface area contributed by atoms with Crippen LogP contribution in [0.2, 0.25) is 0 Å². The van der Waals surface area contributed by atoms with E-state index in [0.717, 1.165) is 35.5 Å². The highest BCUT2D eigenvalue weighted by molar-refractivity contribution is 7.99. The minimum absolute atomic E-state index is 0.142. The zero-order valence-electron chi connectivity index (χ0n) is 21.3. The monoisotopic (exact) mass is 528 g/mol. The zero-order chi connectivity index (χ0) is 25.8. The van der Waals surface area contributed by atoms with Gasteiger partial charge in [0.15, 0.2) is 17.1 Å². The molecule has 4 rings (SSSR count). The molecule has 1 atom stereocenters. The molecule has 1 N–H and O–H groups in total. The van der Waals surface area contributed by atoms with Gasteiger partial charge in [-0.25, -0.2) is 4.79 Å². The summed E-state index contributed by atoms with van der Waals surface area (Å²) in [6, 6.07) is 8.07. The predicted molar refractivity (Wildman–Crippen MR) is 142 cm³/mol.